The van der Waals surface area contributed by atoms with Gasteiger partial charge in [0.1, 0.15) is 24.0 Å². The van der Waals surface area contributed by atoms with Crippen LogP contribution < -0.4 is 16.9 Å². The normalized spacial score (nSPS) is 15.8. The average molecular weight is 488 g/mol. The van der Waals surface area contributed by atoms with Crippen molar-refractivity contribution in [3.05, 3.63) is 31.3 Å². The third-order valence-electron chi connectivity index (χ3n) is 4.78. The summed E-state index contributed by atoms with van der Waals surface area (Å²) in [6.45, 7) is -1.96. The van der Waals surface area contributed by atoms with E-state index in [1.807, 2.05) is 4.98 Å². The van der Waals surface area contributed by atoms with Gasteiger partial charge in [-0.3, -0.25) is 28.5 Å². The number of aliphatic hydroxyl groups excluding tert-OH is 4. The molecule has 0 amide bonds. The topological polar surface area (TPSA) is 231 Å². The van der Waals surface area contributed by atoms with Gasteiger partial charge in [-0.05, 0) is 12.8 Å². The van der Waals surface area contributed by atoms with Crippen LogP contribution in [0.3, 0.4) is 0 Å². The van der Waals surface area contributed by atoms with Gasteiger partial charge in [-0.2, -0.15) is 8.78 Å². The Labute approximate surface area is 176 Å². The van der Waals surface area contributed by atoms with Crippen LogP contribution in [-0.2, 0) is 17.7 Å². The number of alkyl halides is 2. The summed E-state index contributed by atoms with van der Waals surface area (Å²) in [6, 6.07) is 0. The van der Waals surface area contributed by atoms with Gasteiger partial charge < -0.3 is 30.2 Å². The summed E-state index contributed by atoms with van der Waals surface area (Å²) in [5.74, 6) is 0. The van der Waals surface area contributed by atoms with Gasteiger partial charge in [-0.15, -0.1) is 0 Å². The maximum atomic E-state index is 13.4. The van der Waals surface area contributed by atoms with E-state index in [1.54, 1.807) is 0 Å². The largest absolute Gasteiger partial charge is 0.394 e. The lowest BCUT2D eigenvalue weighted by atomic mass is 10.1. The molecular weight excluding hydrogens is 465 g/mol. The summed E-state index contributed by atoms with van der Waals surface area (Å²) in [7, 11) is -5.67. The minimum atomic E-state index is -5.67. The third kappa shape index (κ3) is 5.40. The lowest BCUT2D eigenvalue weighted by Crippen LogP contribution is -2.43. The molecule has 8 N–H and O–H groups in total. The summed E-state index contributed by atoms with van der Waals surface area (Å²) in [5, 5.41) is 38.1. The van der Waals surface area contributed by atoms with Crippen LogP contribution in [0, 0.1) is 0 Å². The first-order chi connectivity index (χ1) is 14.7. The fourth-order valence-electron chi connectivity index (χ4n) is 3.04. The van der Waals surface area contributed by atoms with Crippen LogP contribution in [0.15, 0.2) is 14.4 Å². The van der Waals surface area contributed by atoms with Gasteiger partial charge in [0.25, 0.3) is 5.56 Å². The van der Waals surface area contributed by atoms with E-state index in [-0.39, 0.29) is 24.1 Å². The summed E-state index contributed by atoms with van der Waals surface area (Å²) in [6.07, 6.45) is -7.24. The molecule has 0 saturated carbocycles. The molecule has 0 aliphatic carbocycles. The summed E-state index contributed by atoms with van der Waals surface area (Å²) in [4.78, 5) is 58.0. The first kappa shape index (κ1) is 26.1. The van der Waals surface area contributed by atoms with Crippen molar-refractivity contribution in [3.8, 4) is 0 Å². The summed E-state index contributed by atoms with van der Waals surface area (Å²) >= 11 is 0. The van der Waals surface area contributed by atoms with Gasteiger partial charge in [0.05, 0.1) is 13.2 Å². The maximum Gasteiger partial charge on any atom is 0.394 e. The minimum absolute atomic E-state index is 0.207. The van der Waals surface area contributed by atoms with E-state index in [9.17, 15) is 43.0 Å². The standard InChI is InChI=1S/C15H23F2N4O10P/c16-15(17,32(29,30)31)3-1-2-4-20-9-11(18-13(27)19-12(9)26)21(14(20)28)5-7(23)10(25)8(24)6-22/h7-8,10,22-25H,1-6H2,(H2,29,30,31)(H2,18,19,26,27)/t7-,8+,10-/m0/s1. The molecule has 2 aromatic heterocycles. The molecule has 182 valence electrons. The fraction of sp³-hybridized carbons (Fsp3) is 0.667. The van der Waals surface area contributed by atoms with Crippen molar-refractivity contribution in [1.82, 2.24) is 19.1 Å². The van der Waals surface area contributed by atoms with Crippen LogP contribution in [0.5, 0.6) is 0 Å². The molecular formula is C15H23F2N4O10P. The van der Waals surface area contributed by atoms with Crippen LogP contribution in [0.25, 0.3) is 11.2 Å². The van der Waals surface area contributed by atoms with Gasteiger partial charge in [0, 0.05) is 13.0 Å². The first-order valence-electron chi connectivity index (χ1n) is 9.25. The van der Waals surface area contributed by atoms with E-state index < -0.39 is 74.5 Å². The number of hydrogen-bond donors (Lipinski definition) is 8. The number of aromatic nitrogens is 4. The van der Waals surface area contributed by atoms with Crippen molar-refractivity contribution in [3.63, 3.8) is 0 Å². The number of unbranched alkanes of at least 4 members (excludes halogenated alkanes) is 1. The molecule has 0 aliphatic rings. The van der Waals surface area contributed by atoms with Crippen LogP contribution >= 0.6 is 7.60 Å². The Morgan fingerprint density at radius 3 is 2.19 bits per heavy atom. The average Bonchev–Trinajstić information content (AvgIpc) is 2.94. The predicted octanol–water partition coefficient (Wildman–Crippen LogP) is -2.80. The number of halogens is 2. The second kappa shape index (κ2) is 9.74. The SMILES string of the molecule is O=c1[nH]c(=O)c2c([nH]1)n(C[C@H](O)[C@H](O)[C@H](O)CO)c(=O)n2CCCCC(F)(F)P(=O)(O)O. The second-order valence-corrected chi connectivity index (χ2v) is 8.87. The molecule has 32 heavy (non-hydrogen) atoms. The zero-order valence-electron chi connectivity index (χ0n) is 16.4. The third-order valence-corrected chi connectivity index (χ3v) is 5.86. The Hall–Kier alpha value is -2.20. The van der Waals surface area contributed by atoms with Gasteiger partial charge in [-0.1, -0.05) is 0 Å². The van der Waals surface area contributed by atoms with Crippen molar-refractivity contribution >= 4 is 18.8 Å². The van der Waals surface area contributed by atoms with E-state index in [1.165, 1.54) is 0 Å². The number of rotatable bonds is 11. The van der Waals surface area contributed by atoms with Gasteiger partial charge in [-0.25, -0.2) is 9.59 Å². The number of H-pyrrole nitrogens is 2. The van der Waals surface area contributed by atoms with E-state index in [0.29, 0.717) is 4.57 Å². The number of fused-ring (bicyclic) bond motifs is 1. The van der Waals surface area contributed by atoms with Crippen LogP contribution in [0.1, 0.15) is 19.3 Å². The number of hydrogen-bond acceptors (Lipinski definition) is 8. The van der Waals surface area contributed by atoms with E-state index in [2.05, 4.69) is 4.98 Å². The lowest BCUT2D eigenvalue weighted by Gasteiger charge is -2.21. The van der Waals surface area contributed by atoms with Crippen LogP contribution in [0.2, 0.25) is 0 Å². The molecule has 2 heterocycles. The Balaban J connectivity index is 2.36. The minimum Gasteiger partial charge on any atom is -0.394 e. The Kier molecular flexibility index (Phi) is 7.93. The van der Waals surface area contributed by atoms with Gasteiger partial charge >= 0.3 is 24.6 Å². The molecule has 0 bridgehead atoms. The number of aromatic amines is 2. The fourth-order valence-corrected chi connectivity index (χ4v) is 3.49. The van der Waals surface area contributed by atoms with Crippen molar-refractivity contribution in [2.24, 2.45) is 0 Å². The van der Waals surface area contributed by atoms with E-state index in [0.717, 1.165) is 4.57 Å². The van der Waals surface area contributed by atoms with Crippen molar-refractivity contribution in [2.75, 3.05) is 6.61 Å². The first-order valence-corrected chi connectivity index (χ1v) is 10.9. The number of nitrogens with zero attached hydrogens (tertiary/aromatic N) is 2. The molecule has 3 atom stereocenters. The molecule has 0 aliphatic heterocycles. The maximum absolute atomic E-state index is 13.4. The van der Waals surface area contributed by atoms with Crippen LogP contribution in [0.4, 0.5) is 8.78 Å². The molecule has 0 fully saturated rings. The molecule has 0 saturated heterocycles. The highest BCUT2D eigenvalue weighted by Gasteiger charge is 2.47. The zero-order chi connectivity index (χ0) is 24.4. The monoisotopic (exact) mass is 488 g/mol. The Bertz CT molecular complexity index is 1170. The second-order valence-electron chi connectivity index (χ2n) is 7.13. The highest BCUT2D eigenvalue weighted by Crippen LogP contribution is 2.55. The van der Waals surface area contributed by atoms with Gasteiger partial charge in [0.2, 0.25) is 0 Å². The van der Waals surface area contributed by atoms with E-state index >= 15 is 0 Å². The number of imidazole rings is 1. The summed E-state index contributed by atoms with van der Waals surface area (Å²) in [5.41, 5.74) is -7.97. The van der Waals surface area contributed by atoms with E-state index in [4.69, 9.17) is 14.9 Å². The highest BCUT2D eigenvalue weighted by atomic mass is 31.2. The van der Waals surface area contributed by atoms with Gasteiger partial charge in [0.15, 0.2) is 5.52 Å². The molecule has 14 nitrogen and oxygen atoms in total. The number of aliphatic hydroxyl groups is 4. The molecule has 0 spiro atoms. The number of aryl methyl sites for hydroxylation is 1. The van der Waals surface area contributed by atoms with Crippen LogP contribution in [-0.4, -0.2) is 79.9 Å². The van der Waals surface area contributed by atoms with Crippen molar-refractivity contribution in [1.29, 1.82) is 0 Å². The highest BCUT2D eigenvalue weighted by molar-refractivity contribution is 7.53. The molecule has 2 aromatic rings. The molecule has 2 rings (SSSR count). The zero-order valence-corrected chi connectivity index (χ0v) is 17.3. The molecule has 0 aromatic carbocycles. The molecule has 0 radical (unpaired) electrons. The number of nitrogens with one attached hydrogen (secondary N) is 2. The smallest absolute Gasteiger partial charge is 0.394 e. The molecule has 17 heteroatoms. The summed E-state index contributed by atoms with van der Waals surface area (Å²) < 4.78 is 39.1. The lowest BCUT2D eigenvalue weighted by molar-refractivity contribution is -0.0806. The Morgan fingerprint density at radius 2 is 1.62 bits per heavy atom. The van der Waals surface area contributed by atoms with Crippen molar-refractivity contribution in [2.45, 2.75) is 56.3 Å². The molecule has 0 unspecified atom stereocenters. The quantitative estimate of drug-likeness (QED) is 0.120. The predicted molar refractivity (Wildman–Crippen MR) is 103 cm³/mol. The Morgan fingerprint density at radius 1 is 1.00 bits per heavy atom. The van der Waals surface area contributed by atoms with Crippen molar-refractivity contribution < 1.29 is 43.6 Å².